The summed E-state index contributed by atoms with van der Waals surface area (Å²) in [5, 5.41) is 0.452. The lowest BCUT2D eigenvalue weighted by atomic mass is 10.2. The van der Waals surface area contributed by atoms with Crippen LogP contribution in [-0.4, -0.2) is 42.2 Å². The van der Waals surface area contributed by atoms with Gasteiger partial charge in [-0.2, -0.15) is 0 Å². The number of para-hydroxylation sites is 2. The number of benzene rings is 2. The third-order valence-electron chi connectivity index (χ3n) is 5.13. The fraction of sp³-hybridized carbons (Fsp3) is 0.333. The van der Waals surface area contributed by atoms with Crippen molar-refractivity contribution < 1.29 is 4.42 Å². The second-order valence-corrected chi connectivity index (χ2v) is 6.84. The van der Waals surface area contributed by atoms with Gasteiger partial charge in [-0.15, -0.1) is 0 Å². The number of rotatable bonds is 5. The maximum absolute atomic E-state index is 12.5. The molecule has 2 heterocycles. The Balaban J connectivity index is 1.34. The van der Waals surface area contributed by atoms with Gasteiger partial charge >= 0.3 is 5.76 Å². The normalized spacial score (nSPS) is 15.3. The molecular formula is C21H23N3O3. The van der Waals surface area contributed by atoms with Crippen LogP contribution in [0.4, 0.5) is 5.69 Å². The van der Waals surface area contributed by atoms with Gasteiger partial charge in [0, 0.05) is 38.4 Å². The van der Waals surface area contributed by atoms with E-state index in [2.05, 4.69) is 34.1 Å². The van der Waals surface area contributed by atoms with Gasteiger partial charge in [-0.25, -0.2) is 9.36 Å². The van der Waals surface area contributed by atoms with Gasteiger partial charge in [0.1, 0.15) is 5.58 Å². The summed E-state index contributed by atoms with van der Waals surface area (Å²) in [6.45, 7) is 5.18. The van der Waals surface area contributed by atoms with E-state index in [0.29, 0.717) is 17.5 Å². The number of anilines is 1. The van der Waals surface area contributed by atoms with E-state index in [0.717, 1.165) is 39.1 Å². The zero-order valence-corrected chi connectivity index (χ0v) is 15.2. The van der Waals surface area contributed by atoms with E-state index >= 15 is 0 Å². The lowest BCUT2D eigenvalue weighted by Crippen LogP contribution is -2.47. The van der Waals surface area contributed by atoms with Gasteiger partial charge in [0.2, 0.25) is 0 Å². The minimum atomic E-state index is -0.576. The zero-order chi connectivity index (χ0) is 18.6. The maximum atomic E-state index is 12.5. The number of nitrogens with zero attached hydrogens (tertiary/aromatic N) is 3. The van der Waals surface area contributed by atoms with Crippen LogP contribution < -0.4 is 16.2 Å². The molecule has 0 saturated carbocycles. The molecule has 0 atom stereocenters. The minimum absolute atomic E-state index is 0.268. The van der Waals surface area contributed by atoms with E-state index in [1.165, 1.54) is 10.3 Å². The fourth-order valence-corrected chi connectivity index (χ4v) is 3.62. The zero-order valence-electron chi connectivity index (χ0n) is 15.2. The molecule has 1 saturated heterocycles. The first-order valence-corrected chi connectivity index (χ1v) is 9.37. The summed E-state index contributed by atoms with van der Waals surface area (Å²) in [5.74, 6) is -0.576. The molecule has 1 aliphatic rings. The molecule has 0 N–H and O–H groups in total. The molecule has 1 fully saturated rings. The lowest BCUT2D eigenvalue weighted by Gasteiger charge is -2.36. The summed E-state index contributed by atoms with van der Waals surface area (Å²) >= 11 is 0. The number of piperazine rings is 1. The Kier molecular flexibility index (Phi) is 5.07. The van der Waals surface area contributed by atoms with Crippen molar-refractivity contribution in [3.05, 3.63) is 75.5 Å². The second kappa shape index (κ2) is 7.80. The highest BCUT2D eigenvalue weighted by Gasteiger charge is 2.17. The smallest absolute Gasteiger partial charge is 0.409 e. The molecule has 1 aliphatic heterocycles. The molecule has 0 radical (unpaired) electrons. The first-order chi connectivity index (χ1) is 13.2. The highest BCUT2D eigenvalue weighted by molar-refractivity contribution is 5.74. The van der Waals surface area contributed by atoms with Crippen LogP contribution in [0.1, 0.15) is 6.42 Å². The van der Waals surface area contributed by atoms with E-state index in [1.807, 2.05) is 6.07 Å². The Morgan fingerprint density at radius 3 is 2.30 bits per heavy atom. The van der Waals surface area contributed by atoms with Crippen molar-refractivity contribution in [2.45, 2.75) is 13.0 Å². The van der Waals surface area contributed by atoms with Crippen molar-refractivity contribution in [1.29, 1.82) is 0 Å². The van der Waals surface area contributed by atoms with Crippen molar-refractivity contribution in [1.82, 2.24) is 9.47 Å². The lowest BCUT2D eigenvalue weighted by molar-refractivity contribution is 0.248. The van der Waals surface area contributed by atoms with Crippen LogP contribution in [0.15, 0.2) is 68.6 Å². The standard InChI is InChI=1S/C21H23N3O3/c25-20-18-9-4-5-10-19(18)27-21(26)24(20)12-6-11-22-13-15-23(16-14-22)17-7-2-1-3-8-17/h1-5,7-10H,6,11-16H2. The van der Waals surface area contributed by atoms with E-state index in [1.54, 1.807) is 24.3 Å². The van der Waals surface area contributed by atoms with E-state index in [4.69, 9.17) is 4.42 Å². The van der Waals surface area contributed by atoms with E-state index < -0.39 is 5.76 Å². The monoisotopic (exact) mass is 365 g/mol. The van der Waals surface area contributed by atoms with Crippen molar-refractivity contribution in [3.8, 4) is 0 Å². The van der Waals surface area contributed by atoms with Crippen LogP contribution in [0.25, 0.3) is 11.0 Å². The molecule has 3 aromatic rings. The third-order valence-corrected chi connectivity index (χ3v) is 5.13. The molecule has 0 unspecified atom stereocenters. The molecule has 2 aromatic carbocycles. The van der Waals surface area contributed by atoms with Crippen LogP contribution in [0.3, 0.4) is 0 Å². The van der Waals surface area contributed by atoms with Gasteiger partial charge in [-0.05, 0) is 37.2 Å². The minimum Gasteiger partial charge on any atom is -0.409 e. The number of hydrogen-bond donors (Lipinski definition) is 0. The summed E-state index contributed by atoms with van der Waals surface area (Å²) in [4.78, 5) is 29.4. The molecule has 27 heavy (non-hydrogen) atoms. The molecule has 6 nitrogen and oxygen atoms in total. The molecular weight excluding hydrogens is 342 g/mol. The molecule has 4 rings (SSSR count). The fourth-order valence-electron chi connectivity index (χ4n) is 3.62. The number of fused-ring (bicyclic) bond motifs is 1. The summed E-state index contributed by atoms with van der Waals surface area (Å²) in [6.07, 6.45) is 0.744. The number of hydrogen-bond acceptors (Lipinski definition) is 5. The average molecular weight is 365 g/mol. The molecule has 0 aliphatic carbocycles. The van der Waals surface area contributed by atoms with Crippen molar-refractivity contribution in [2.24, 2.45) is 0 Å². The van der Waals surface area contributed by atoms with Crippen LogP contribution in [0.5, 0.6) is 0 Å². The van der Waals surface area contributed by atoms with Gasteiger partial charge in [0.25, 0.3) is 5.56 Å². The maximum Gasteiger partial charge on any atom is 0.422 e. The molecule has 0 spiro atoms. The Labute approximate surface area is 157 Å². The topological polar surface area (TPSA) is 58.7 Å². The van der Waals surface area contributed by atoms with E-state index in [9.17, 15) is 9.59 Å². The van der Waals surface area contributed by atoms with Crippen LogP contribution in [-0.2, 0) is 6.54 Å². The molecule has 0 amide bonds. The van der Waals surface area contributed by atoms with Crippen molar-refractivity contribution in [2.75, 3.05) is 37.6 Å². The van der Waals surface area contributed by atoms with Crippen LogP contribution in [0, 0.1) is 0 Å². The summed E-state index contributed by atoms with van der Waals surface area (Å²) in [7, 11) is 0. The van der Waals surface area contributed by atoms with Crippen molar-refractivity contribution >= 4 is 16.7 Å². The van der Waals surface area contributed by atoms with Crippen LogP contribution in [0.2, 0.25) is 0 Å². The van der Waals surface area contributed by atoms with Gasteiger partial charge in [0.15, 0.2) is 0 Å². The molecule has 140 valence electrons. The van der Waals surface area contributed by atoms with E-state index in [-0.39, 0.29) is 5.56 Å². The highest BCUT2D eigenvalue weighted by Crippen LogP contribution is 2.15. The van der Waals surface area contributed by atoms with Gasteiger partial charge in [0.05, 0.1) is 5.39 Å². The van der Waals surface area contributed by atoms with Gasteiger partial charge < -0.3 is 9.32 Å². The van der Waals surface area contributed by atoms with Crippen molar-refractivity contribution in [3.63, 3.8) is 0 Å². The SMILES string of the molecule is O=c1oc2ccccc2c(=O)n1CCCN1CCN(c2ccccc2)CC1. The molecule has 1 aromatic heterocycles. The quantitative estimate of drug-likeness (QED) is 0.694. The second-order valence-electron chi connectivity index (χ2n) is 6.84. The molecule has 6 heteroatoms. The Bertz CT molecular complexity index is 1020. The van der Waals surface area contributed by atoms with Crippen LogP contribution >= 0.6 is 0 Å². The first-order valence-electron chi connectivity index (χ1n) is 9.37. The number of aromatic nitrogens is 1. The Hall–Kier alpha value is -2.86. The Morgan fingerprint density at radius 2 is 1.52 bits per heavy atom. The summed E-state index contributed by atoms with van der Waals surface area (Å²) < 4.78 is 6.48. The predicted molar refractivity (Wildman–Crippen MR) is 106 cm³/mol. The first kappa shape index (κ1) is 17.5. The summed E-state index contributed by atoms with van der Waals surface area (Å²) in [5.41, 5.74) is 1.34. The summed E-state index contributed by atoms with van der Waals surface area (Å²) in [6, 6.07) is 17.3. The average Bonchev–Trinajstić information content (AvgIpc) is 2.71. The Morgan fingerprint density at radius 1 is 0.815 bits per heavy atom. The van der Waals surface area contributed by atoms with Gasteiger partial charge in [-0.3, -0.25) is 9.69 Å². The van der Waals surface area contributed by atoms with Gasteiger partial charge in [-0.1, -0.05) is 30.3 Å². The largest absolute Gasteiger partial charge is 0.422 e. The molecule has 0 bridgehead atoms. The third kappa shape index (κ3) is 3.80. The predicted octanol–water partition coefficient (Wildman–Crippen LogP) is 2.17. The highest BCUT2D eigenvalue weighted by atomic mass is 16.4.